The summed E-state index contributed by atoms with van der Waals surface area (Å²) in [5.74, 6) is 0.562. The first kappa shape index (κ1) is 31.8. The lowest BCUT2D eigenvalue weighted by molar-refractivity contribution is -0.891. The highest BCUT2D eigenvalue weighted by Gasteiger charge is 2.00. The van der Waals surface area contributed by atoms with Crippen LogP contribution >= 0.6 is 0 Å². The molecule has 0 unspecified atom stereocenters. The van der Waals surface area contributed by atoms with Gasteiger partial charge in [0.1, 0.15) is 12.9 Å². The molecule has 0 fully saturated rings. The Bertz CT molecular complexity index is 385. The molecule has 0 spiro atoms. The monoisotopic (exact) mass is 502 g/mol. The maximum Gasteiger partial charge on any atom is 0.129 e. The van der Waals surface area contributed by atoms with Crippen LogP contribution in [0.25, 0.3) is 0 Å². The van der Waals surface area contributed by atoms with E-state index >= 15 is 0 Å². The molecule has 0 N–H and O–H groups in total. The van der Waals surface area contributed by atoms with Crippen molar-refractivity contribution in [1.82, 2.24) is 0 Å². The third kappa shape index (κ3) is 30.8. The Labute approximate surface area is 185 Å². The topological polar surface area (TPSA) is 185 Å². The lowest BCUT2D eigenvalue weighted by atomic mass is 10.1. The summed E-state index contributed by atoms with van der Waals surface area (Å²) in [5.41, 5.74) is 0. The van der Waals surface area contributed by atoms with Gasteiger partial charge in [0.25, 0.3) is 0 Å². The molecule has 0 radical (unpaired) electrons. The van der Waals surface area contributed by atoms with Crippen LogP contribution in [0.4, 0.5) is 0 Å². The number of rotatable bonds is 28. The van der Waals surface area contributed by atoms with Crippen LogP contribution in [-0.4, -0.2) is 19.8 Å². The van der Waals surface area contributed by atoms with Gasteiger partial charge in [-0.15, -0.1) is 0 Å². The van der Waals surface area contributed by atoms with E-state index in [4.69, 9.17) is 4.74 Å². The molecule has 0 atom stereocenters. The summed E-state index contributed by atoms with van der Waals surface area (Å²) in [6.07, 6.45) is 6.66. The molecular formula is C13H26O20. The molecule has 0 aliphatic carbocycles. The van der Waals surface area contributed by atoms with Crippen LogP contribution in [0.5, 0.6) is 0 Å². The first-order valence-corrected chi connectivity index (χ1v) is 9.11. The second kappa shape index (κ2) is 28.8. The quantitative estimate of drug-likeness (QED) is 0.0657. The summed E-state index contributed by atoms with van der Waals surface area (Å²) in [5, 5.41) is 63.5. The third-order valence-electron chi connectivity index (χ3n) is 2.55. The van der Waals surface area contributed by atoms with Gasteiger partial charge in [0.05, 0.1) is 6.61 Å². The third-order valence-corrected chi connectivity index (χ3v) is 2.55. The van der Waals surface area contributed by atoms with Gasteiger partial charge in [-0.3, -0.25) is 0 Å². The van der Waals surface area contributed by atoms with E-state index in [1.165, 1.54) is 6.26 Å². The van der Waals surface area contributed by atoms with Crippen LogP contribution < -0.4 is 0 Å². The van der Waals surface area contributed by atoms with Gasteiger partial charge < -0.3 is 9.62 Å². The lowest BCUT2D eigenvalue weighted by Crippen LogP contribution is -2.07. The van der Waals surface area contributed by atoms with Gasteiger partial charge in [-0.25, -0.2) is 4.89 Å². The number of hydrogen-bond donors (Lipinski definition) is 0. The van der Waals surface area contributed by atoms with E-state index in [9.17, 15) is 0 Å². The van der Waals surface area contributed by atoms with E-state index in [0.717, 1.165) is 25.7 Å². The average molecular weight is 502 g/mol. The van der Waals surface area contributed by atoms with Crippen LogP contribution in [-0.2, 0) is 100 Å². The molecule has 0 aromatic rings. The minimum absolute atomic E-state index is 0.0719. The molecule has 0 bridgehead atoms. The van der Waals surface area contributed by atoms with Gasteiger partial charge in [0, 0.05) is 52.0 Å². The van der Waals surface area contributed by atoms with Crippen LogP contribution in [0.15, 0.2) is 12.3 Å². The standard InChI is InChI=1S/C13H26O20/c1-4-5-9-14-11-12-16-18-20-22-24-26-28-30-32-33-31-29-27-25-23-21-19-17-15-10-7-6-8-13(2)3/h7,10,13H,4-6,8-9,11-12H2,1-3H3/b10-7-. The summed E-state index contributed by atoms with van der Waals surface area (Å²) in [6, 6.07) is 0. The van der Waals surface area contributed by atoms with Crippen LogP contribution in [0.1, 0.15) is 46.5 Å². The summed E-state index contributed by atoms with van der Waals surface area (Å²) < 4.78 is 5.15. The largest absolute Gasteiger partial charge is 0.379 e. The Morgan fingerprint density at radius 3 is 1.55 bits per heavy atom. The van der Waals surface area contributed by atoms with Crippen molar-refractivity contribution in [3.05, 3.63) is 12.3 Å². The Kier molecular flexibility index (Phi) is 27.7. The zero-order chi connectivity index (χ0) is 24.1. The summed E-state index contributed by atoms with van der Waals surface area (Å²) in [7, 11) is 0. The fourth-order valence-corrected chi connectivity index (χ4v) is 1.24. The zero-order valence-electron chi connectivity index (χ0n) is 17.8. The van der Waals surface area contributed by atoms with Crippen molar-refractivity contribution in [2.45, 2.75) is 46.5 Å². The molecule has 20 heteroatoms. The highest BCUT2D eigenvalue weighted by molar-refractivity contribution is 4.72. The summed E-state index contributed by atoms with van der Waals surface area (Å²) in [4.78, 5) is 8.84. The first-order valence-electron chi connectivity index (χ1n) is 9.11. The van der Waals surface area contributed by atoms with Gasteiger partial charge in [0.15, 0.2) is 0 Å². The minimum Gasteiger partial charge on any atom is -0.379 e. The molecule has 0 saturated carbocycles. The first-order chi connectivity index (χ1) is 16.3. The Morgan fingerprint density at radius 1 is 0.576 bits per heavy atom. The van der Waals surface area contributed by atoms with Crippen molar-refractivity contribution in [3.8, 4) is 0 Å². The maximum atomic E-state index is 5.15. The molecular weight excluding hydrogens is 476 g/mol. The van der Waals surface area contributed by atoms with Gasteiger partial charge >= 0.3 is 0 Å². The highest BCUT2D eigenvalue weighted by atomic mass is 18.0. The molecule has 0 rings (SSSR count). The van der Waals surface area contributed by atoms with E-state index < -0.39 is 0 Å². The normalized spacial score (nSPS) is 11.8. The van der Waals surface area contributed by atoms with Gasteiger partial charge in [0.2, 0.25) is 0 Å². The fourth-order valence-electron chi connectivity index (χ4n) is 1.24. The molecule has 20 nitrogen and oxygen atoms in total. The van der Waals surface area contributed by atoms with Crippen molar-refractivity contribution in [1.29, 1.82) is 0 Å². The number of allylic oxidation sites excluding steroid dienone is 1. The fraction of sp³-hybridized carbons (Fsp3) is 0.846. The van der Waals surface area contributed by atoms with Gasteiger partial charge in [-0.2, -0.15) is 0 Å². The van der Waals surface area contributed by atoms with Gasteiger partial charge in [-0.05, 0) is 71.6 Å². The van der Waals surface area contributed by atoms with E-state index in [1.54, 1.807) is 6.08 Å². The summed E-state index contributed by atoms with van der Waals surface area (Å²) >= 11 is 0. The molecule has 0 aliphatic rings. The second-order valence-corrected chi connectivity index (χ2v) is 5.38. The van der Waals surface area contributed by atoms with Crippen molar-refractivity contribution in [2.75, 3.05) is 19.8 Å². The van der Waals surface area contributed by atoms with E-state index in [2.05, 4.69) is 109 Å². The Hall–Kier alpha value is -1.22. The molecule has 0 heterocycles. The lowest BCUT2D eigenvalue weighted by Gasteiger charge is -2.02. The van der Waals surface area contributed by atoms with Crippen molar-refractivity contribution < 1.29 is 100 Å². The molecule has 0 aromatic heterocycles. The SMILES string of the molecule is CCCCOCCOOOOOOOOOOOOOOOOOOO/C=C\CCC(C)C. The predicted octanol–water partition coefficient (Wildman–Crippen LogP) is 2.54. The van der Waals surface area contributed by atoms with Crippen molar-refractivity contribution in [2.24, 2.45) is 5.92 Å². The predicted molar refractivity (Wildman–Crippen MR) is 84.4 cm³/mol. The highest BCUT2D eigenvalue weighted by Crippen LogP contribution is 2.03. The number of unbranched alkanes of at least 4 members (excludes halogenated alkanes) is 1. The second-order valence-electron chi connectivity index (χ2n) is 5.38. The molecule has 33 heavy (non-hydrogen) atoms. The molecule has 198 valence electrons. The molecule has 0 amide bonds. The van der Waals surface area contributed by atoms with E-state index in [0.29, 0.717) is 12.5 Å². The van der Waals surface area contributed by atoms with E-state index in [1.807, 2.05) is 6.92 Å². The average Bonchev–Trinajstić information content (AvgIpc) is 2.80. The Morgan fingerprint density at radius 2 is 1.06 bits per heavy atom. The molecule has 0 saturated heterocycles. The minimum atomic E-state index is 0.0719. The van der Waals surface area contributed by atoms with Crippen molar-refractivity contribution in [3.63, 3.8) is 0 Å². The zero-order valence-corrected chi connectivity index (χ0v) is 17.8. The van der Waals surface area contributed by atoms with Crippen LogP contribution in [0, 0.1) is 5.92 Å². The number of hydrogen-bond acceptors (Lipinski definition) is 20. The van der Waals surface area contributed by atoms with Crippen molar-refractivity contribution >= 4 is 0 Å². The smallest absolute Gasteiger partial charge is 0.129 e. The van der Waals surface area contributed by atoms with Crippen LogP contribution in [0.2, 0.25) is 0 Å². The maximum absolute atomic E-state index is 5.15. The summed E-state index contributed by atoms with van der Waals surface area (Å²) in [6.45, 7) is 7.17. The van der Waals surface area contributed by atoms with Gasteiger partial charge in [-0.1, -0.05) is 27.2 Å². The number of ether oxygens (including phenoxy) is 1. The molecule has 0 aliphatic heterocycles. The Balaban J connectivity index is 3.04. The molecule has 0 aromatic carbocycles. The van der Waals surface area contributed by atoms with E-state index in [-0.39, 0.29) is 13.2 Å². The van der Waals surface area contributed by atoms with Crippen LogP contribution in [0.3, 0.4) is 0 Å².